The van der Waals surface area contributed by atoms with E-state index in [9.17, 15) is 19.2 Å². The molecule has 11 atom stereocenters. The fourth-order valence-corrected chi connectivity index (χ4v) is 13.5. The average Bonchev–Trinajstić information content (AvgIpc) is 4.15. The fraction of sp³-hybridized carbons (Fsp3) is 0.464. The zero-order valence-corrected chi connectivity index (χ0v) is 38.7. The monoisotopic (exact) mass is 920 g/mol. The van der Waals surface area contributed by atoms with Crippen LogP contribution in [0.25, 0.3) is 0 Å². The van der Waals surface area contributed by atoms with Crippen molar-refractivity contribution < 1.29 is 47.6 Å². The number of carbonyl (C=O) groups is 4. The molecule has 3 saturated carbocycles. The summed E-state index contributed by atoms with van der Waals surface area (Å²) < 4.78 is 35.5. The van der Waals surface area contributed by atoms with Crippen LogP contribution in [0.15, 0.2) is 133 Å². The van der Waals surface area contributed by atoms with Gasteiger partial charge in [-0.25, -0.2) is 0 Å². The topological polar surface area (TPSA) is 130 Å². The second-order valence-corrected chi connectivity index (χ2v) is 20.0. The molecule has 12 rings (SSSR count). The van der Waals surface area contributed by atoms with Crippen LogP contribution in [-0.4, -0.2) is 74.0 Å². The van der Waals surface area contributed by atoms with Gasteiger partial charge in [0.1, 0.15) is 12.2 Å². The van der Waals surface area contributed by atoms with Crippen molar-refractivity contribution in [3.05, 3.63) is 133 Å². The number of cyclic esters (lactones) is 2. The SMILES string of the molecule is CC1OC(=O)[C@@H]2C=C3CC4(CC[C@H]3[C@H](C(=O)N(c3ccccc3)c3ccccc3)[C@H]12)OCCO4.CC1OC(=O)[C@@H]2C[C@@H]3CC4(CC[C@H]3[C@H](C(=O)N(c3ccccc3)c3ccccc3)[C@H]12)OCCO4. The molecule has 7 fully saturated rings. The van der Waals surface area contributed by atoms with Crippen molar-refractivity contribution in [2.45, 2.75) is 82.6 Å². The van der Waals surface area contributed by atoms with Gasteiger partial charge < -0.3 is 28.4 Å². The van der Waals surface area contributed by atoms with E-state index in [2.05, 4.69) is 6.08 Å². The van der Waals surface area contributed by atoms with Gasteiger partial charge in [-0.1, -0.05) is 84.4 Å². The van der Waals surface area contributed by atoms with Crippen LogP contribution >= 0.6 is 0 Å². The van der Waals surface area contributed by atoms with E-state index in [1.165, 1.54) is 0 Å². The molecule has 0 radical (unpaired) electrons. The lowest BCUT2D eigenvalue weighted by Gasteiger charge is -2.50. The predicted molar refractivity (Wildman–Crippen MR) is 252 cm³/mol. The van der Waals surface area contributed by atoms with Gasteiger partial charge in [0.15, 0.2) is 11.6 Å². The Hall–Kier alpha value is -5.66. The van der Waals surface area contributed by atoms with Crippen molar-refractivity contribution in [1.29, 1.82) is 0 Å². The first kappa shape index (κ1) is 44.8. The number of ether oxygens (including phenoxy) is 6. The molecule has 8 aliphatic rings. The van der Waals surface area contributed by atoms with Gasteiger partial charge >= 0.3 is 11.9 Å². The van der Waals surface area contributed by atoms with Gasteiger partial charge in [-0.3, -0.25) is 29.0 Å². The molecule has 2 spiro atoms. The van der Waals surface area contributed by atoms with Crippen LogP contribution in [-0.2, 0) is 47.6 Å². The molecule has 4 aliphatic carbocycles. The van der Waals surface area contributed by atoms with E-state index in [1.807, 2.05) is 145 Å². The third-order valence-electron chi connectivity index (χ3n) is 16.3. The lowest BCUT2D eigenvalue weighted by molar-refractivity contribution is -0.207. The summed E-state index contributed by atoms with van der Waals surface area (Å²) in [6.07, 6.45) is 6.73. The van der Waals surface area contributed by atoms with Crippen LogP contribution in [0.3, 0.4) is 0 Å². The largest absolute Gasteiger partial charge is 0.462 e. The van der Waals surface area contributed by atoms with Gasteiger partial charge in [0.2, 0.25) is 11.8 Å². The van der Waals surface area contributed by atoms with Gasteiger partial charge in [-0.2, -0.15) is 0 Å². The lowest BCUT2D eigenvalue weighted by atomic mass is 9.56. The van der Waals surface area contributed by atoms with E-state index < -0.39 is 17.5 Å². The normalized spacial score (nSPS) is 32.6. The van der Waals surface area contributed by atoms with E-state index in [0.717, 1.165) is 66.8 Å². The smallest absolute Gasteiger partial charge is 0.313 e. The van der Waals surface area contributed by atoms with Crippen LogP contribution in [0, 0.1) is 53.3 Å². The van der Waals surface area contributed by atoms with Crippen molar-refractivity contribution in [3.8, 4) is 0 Å². The molecule has 68 heavy (non-hydrogen) atoms. The molecular formula is C56H60N2O10. The lowest BCUT2D eigenvalue weighted by Crippen LogP contribution is -2.54. The van der Waals surface area contributed by atoms with E-state index in [4.69, 9.17) is 28.4 Å². The molecule has 354 valence electrons. The number of carbonyl (C=O) groups excluding carboxylic acids is 4. The highest BCUT2D eigenvalue weighted by Crippen LogP contribution is 2.58. The van der Waals surface area contributed by atoms with Crippen molar-refractivity contribution >= 4 is 46.5 Å². The Morgan fingerprint density at radius 3 is 1.53 bits per heavy atom. The predicted octanol–water partition coefficient (Wildman–Crippen LogP) is 9.34. The standard InChI is InChI=1S/C28H31NO5.C28H29NO5/c2*1-18-24-23(27(31)34-18)16-19-17-28(32-14-15-33-28)13-12-22(19)25(24)26(30)29(20-8-4-2-5-9-20)21-10-6-3-7-11-21/h2-11,18-19,22-25H,12-17H2,1H3;2-11,16,18,22-25H,12-15,17H2,1H3/t18?,19-,22-,23-,24-,25+;18?,22-,23-,24-,25+/m11/s1. The van der Waals surface area contributed by atoms with Crippen molar-refractivity contribution in [3.63, 3.8) is 0 Å². The number of hydrogen-bond donors (Lipinski definition) is 0. The number of rotatable bonds is 6. The molecule has 0 aromatic heterocycles. The second kappa shape index (κ2) is 18.3. The summed E-state index contributed by atoms with van der Waals surface area (Å²) >= 11 is 0. The number of nitrogens with zero attached hydrogens (tertiary/aromatic N) is 2. The van der Waals surface area contributed by atoms with E-state index in [0.29, 0.717) is 32.8 Å². The molecule has 4 aromatic rings. The number of hydrogen-bond acceptors (Lipinski definition) is 10. The summed E-state index contributed by atoms with van der Waals surface area (Å²) in [6.45, 7) is 6.26. The van der Waals surface area contributed by atoms with E-state index >= 15 is 0 Å². The molecular weight excluding hydrogens is 861 g/mol. The molecule has 12 nitrogen and oxygen atoms in total. The molecule has 12 heteroatoms. The number of anilines is 4. The summed E-state index contributed by atoms with van der Waals surface area (Å²) in [4.78, 5) is 58.4. The third-order valence-corrected chi connectivity index (χ3v) is 16.3. The number of fused-ring (bicyclic) bond motifs is 4. The highest BCUT2D eigenvalue weighted by Gasteiger charge is 2.61. The minimum Gasteiger partial charge on any atom is -0.462 e. The van der Waals surface area contributed by atoms with Crippen LogP contribution < -0.4 is 9.80 Å². The Kier molecular flexibility index (Phi) is 12.1. The van der Waals surface area contributed by atoms with Crippen molar-refractivity contribution in [2.75, 3.05) is 36.2 Å². The Bertz CT molecular complexity index is 2430. The van der Waals surface area contributed by atoms with Crippen LogP contribution in [0.2, 0.25) is 0 Å². The fourth-order valence-electron chi connectivity index (χ4n) is 13.5. The summed E-state index contributed by atoms with van der Waals surface area (Å²) in [5.74, 6) is -2.76. The van der Waals surface area contributed by atoms with Crippen LogP contribution in [0.5, 0.6) is 0 Å². The second-order valence-electron chi connectivity index (χ2n) is 20.0. The molecule has 2 amide bonds. The average molecular weight is 921 g/mol. The molecule has 4 saturated heterocycles. The number of para-hydroxylation sites is 4. The summed E-state index contributed by atoms with van der Waals surface area (Å²) in [6, 6.07) is 39.1. The number of benzene rings is 4. The van der Waals surface area contributed by atoms with Crippen molar-refractivity contribution in [1.82, 2.24) is 0 Å². The Balaban J connectivity index is 0.000000149. The quantitative estimate of drug-likeness (QED) is 0.136. The van der Waals surface area contributed by atoms with Gasteiger partial charge in [0, 0.05) is 66.2 Å². The Labute approximate surface area is 397 Å². The zero-order valence-electron chi connectivity index (χ0n) is 38.7. The van der Waals surface area contributed by atoms with Gasteiger partial charge in [0.05, 0.1) is 44.2 Å². The summed E-state index contributed by atoms with van der Waals surface area (Å²) in [5.41, 5.74) is 4.41. The molecule has 4 aliphatic heterocycles. The first-order valence-corrected chi connectivity index (χ1v) is 24.7. The summed E-state index contributed by atoms with van der Waals surface area (Å²) in [5, 5.41) is 0. The number of amides is 2. The molecule has 0 N–H and O–H groups in total. The Morgan fingerprint density at radius 2 is 1.00 bits per heavy atom. The zero-order chi connectivity index (χ0) is 46.6. The first-order chi connectivity index (χ1) is 33.1. The molecule has 2 unspecified atom stereocenters. The molecule has 0 bridgehead atoms. The maximum Gasteiger partial charge on any atom is 0.313 e. The summed E-state index contributed by atoms with van der Waals surface area (Å²) in [7, 11) is 0. The Morgan fingerprint density at radius 1 is 0.544 bits per heavy atom. The van der Waals surface area contributed by atoms with Crippen molar-refractivity contribution in [2.24, 2.45) is 53.3 Å². The molecule has 4 heterocycles. The van der Waals surface area contributed by atoms with Crippen LogP contribution in [0.1, 0.15) is 58.8 Å². The minimum absolute atomic E-state index is 0.0114. The first-order valence-electron chi connectivity index (χ1n) is 24.7. The molecule has 4 aromatic carbocycles. The van der Waals surface area contributed by atoms with Gasteiger partial charge in [0.25, 0.3) is 0 Å². The van der Waals surface area contributed by atoms with Gasteiger partial charge in [-0.15, -0.1) is 0 Å². The van der Waals surface area contributed by atoms with Crippen LogP contribution in [0.4, 0.5) is 22.7 Å². The number of esters is 2. The minimum atomic E-state index is -0.616. The maximum absolute atomic E-state index is 14.6. The third kappa shape index (κ3) is 8.06. The van der Waals surface area contributed by atoms with E-state index in [-0.39, 0.29) is 83.3 Å². The van der Waals surface area contributed by atoms with Gasteiger partial charge in [-0.05, 0) is 99.4 Å². The highest BCUT2D eigenvalue weighted by molar-refractivity contribution is 6.04. The maximum atomic E-state index is 14.6. The highest BCUT2D eigenvalue weighted by atomic mass is 16.7. The van der Waals surface area contributed by atoms with E-state index in [1.54, 1.807) is 0 Å².